The Bertz CT molecular complexity index is 418. The Morgan fingerprint density at radius 1 is 1.59 bits per heavy atom. The zero-order valence-electron chi connectivity index (χ0n) is 9.82. The number of carboxylic acids is 1. The third-order valence-electron chi connectivity index (χ3n) is 3.50. The lowest BCUT2D eigenvalue weighted by molar-refractivity contribution is 0.0702. The highest BCUT2D eigenvalue weighted by Crippen LogP contribution is 2.32. The minimum Gasteiger partial charge on any atom is -0.477 e. The van der Waals surface area contributed by atoms with E-state index in [1.165, 1.54) is 11.3 Å². The number of rotatable bonds is 5. The maximum atomic E-state index is 10.8. The number of carboxylic acid groups (broad SMARTS) is 1. The number of aromatic carboxylic acids is 1. The molecule has 3 N–H and O–H groups in total. The van der Waals surface area contributed by atoms with Gasteiger partial charge in [0.05, 0.1) is 6.61 Å². The van der Waals surface area contributed by atoms with Gasteiger partial charge in [-0.05, 0) is 37.8 Å². The molecule has 17 heavy (non-hydrogen) atoms. The van der Waals surface area contributed by atoms with Crippen molar-refractivity contribution in [3.8, 4) is 0 Å². The van der Waals surface area contributed by atoms with Gasteiger partial charge >= 0.3 is 5.97 Å². The molecule has 1 heterocycles. The van der Waals surface area contributed by atoms with Crippen molar-refractivity contribution in [2.24, 2.45) is 0 Å². The number of aryl methyl sites for hydroxylation is 1. The highest BCUT2D eigenvalue weighted by atomic mass is 32.1. The summed E-state index contributed by atoms with van der Waals surface area (Å²) < 4.78 is 0. The summed E-state index contributed by atoms with van der Waals surface area (Å²) >= 11 is 1.30. The van der Waals surface area contributed by atoms with E-state index in [9.17, 15) is 9.90 Å². The topological polar surface area (TPSA) is 69.6 Å². The fourth-order valence-corrected chi connectivity index (χ4v) is 2.96. The molecule has 0 aliphatic heterocycles. The quantitative estimate of drug-likeness (QED) is 0.750. The van der Waals surface area contributed by atoms with Gasteiger partial charge in [-0.15, -0.1) is 11.3 Å². The van der Waals surface area contributed by atoms with Gasteiger partial charge in [0.25, 0.3) is 0 Å². The average Bonchev–Trinajstić information content (AvgIpc) is 2.60. The largest absolute Gasteiger partial charge is 0.477 e. The predicted molar refractivity (Wildman–Crippen MR) is 66.5 cm³/mol. The van der Waals surface area contributed by atoms with E-state index in [2.05, 4.69) is 5.32 Å². The van der Waals surface area contributed by atoms with Crippen LogP contribution in [0.25, 0.3) is 0 Å². The summed E-state index contributed by atoms with van der Waals surface area (Å²) in [5.74, 6) is -0.870. The van der Waals surface area contributed by atoms with Crippen LogP contribution < -0.4 is 5.32 Å². The SMILES string of the molecule is Cc1sc(C(=O)O)cc1CNC1(CO)CCC1. The Balaban J connectivity index is 2.01. The number of carbonyl (C=O) groups is 1. The normalized spacial score (nSPS) is 17.8. The van der Waals surface area contributed by atoms with Crippen LogP contribution >= 0.6 is 11.3 Å². The van der Waals surface area contributed by atoms with Crippen molar-refractivity contribution in [3.05, 3.63) is 21.4 Å². The van der Waals surface area contributed by atoms with Crippen molar-refractivity contribution in [2.75, 3.05) is 6.61 Å². The van der Waals surface area contributed by atoms with Gasteiger partial charge in [-0.2, -0.15) is 0 Å². The Labute approximate surface area is 104 Å². The molecule has 0 radical (unpaired) electrons. The molecular weight excluding hydrogens is 238 g/mol. The summed E-state index contributed by atoms with van der Waals surface area (Å²) in [4.78, 5) is 12.3. The van der Waals surface area contributed by atoms with Crippen LogP contribution in [0.15, 0.2) is 6.07 Å². The highest BCUT2D eigenvalue weighted by molar-refractivity contribution is 7.14. The Kier molecular flexibility index (Phi) is 3.51. The molecule has 5 heteroatoms. The van der Waals surface area contributed by atoms with Crippen LogP contribution in [0.3, 0.4) is 0 Å². The lowest BCUT2D eigenvalue weighted by Crippen LogP contribution is -2.53. The first-order valence-electron chi connectivity index (χ1n) is 5.75. The molecule has 0 bridgehead atoms. The first kappa shape index (κ1) is 12.5. The third kappa shape index (κ3) is 2.51. The minimum atomic E-state index is -0.870. The van der Waals surface area contributed by atoms with Crippen LogP contribution in [-0.4, -0.2) is 28.3 Å². The van der Waals surface area contributed by atoms with E-state index in [1.807, 2.05) is 6.92 Å². The van der Waals surface area contributed by atoms with Gasteiger partial charge in [0.15, 0.2) is 0 Å². The molecule has 0 saturated heterocycles. The molecule has 94 valence electrons. The molecule has 0 spiro atoms. The standard InChI is InChI=1S/C12H17NO3S/c1-8-9(5-10(17-8)11(15)16)6-13-12(7-14)3-2-4-12/h5,13-14H,2-4,6-7H2,1H3,(H,15,16). The third-order valence-corrected chi connectivity index (χ3v) is 4.58. The molecular formula is C12H17NO3S. The lowest BCUT2D eigenvalue weighted by Gasteiger charge is -2.41. The van der Waals surface area contributed by atoms with E-state index < -0.39 is 5.97 Å². The predicted octanol–water partition coefficient (Wildman–Crippen LogP) is 1.76. The average molecular weight is 255 g/mol. The van der Waals surface area contributed by atoms with Gasteiger partial charge in [0.1, 0.15) is 4.88 Å². The smallest absolute Gasteiger partial charge is 0.345 e. The van der Waals surface area contributed by atoms with Crippen molar-refractivity contribution in [3.63, 3.8) is 0 Å². The number of thiophene rings is 1. The fourth-order valence-electron chi connectivity index (χ4n) is 2.08. The monoisotopic (exact) mass is 255 g/mol. The number of aliphatic hydroxyl groups excluding tert-OH is 1. The summed E-state index contributed by atoms with van der Waals surface area (Å²) in [7, 11) is 0. The van der Waals surface area contributed by atoms with Crippen LogP contribution in [0.4, 0.5) is 0 Å². The van der Waals surface area contributed by atoms with E-state index in [-0.39, 0.29) is 12.1 Å². The second-order valence-corrected chi connectivity index (χ2v) is 5.90. The van der Waals surface area contributed by atoms with Crippen LogP contribution in [-0.2, 0) is 6.54 Å². The first-order valence-corrected chi connectivity index (χ1v) is 6.56. The molecule has 1 aromatic rings. The van der Waals surface area contributed by atoms with E-state index >= 15 is 0 Å². The minimum absolute atomic E-state index is 0.127. The number of hydrogen-bond donors (Lipinski definition) is 3. The lowest BCUT2D eigenvalue weighted by atomic mass is 9.77. The van der Waals surface area contributed by atoms with Crippen LogP contribution in [0.2, 0.25) is 0 Å². The molecule has 4 nitrogen and oxygen atoms in total. The molecule has 1 saturated carbocycles. The fraction of sp³-hybridized carbons (Fsp3) is 0.583. The first-order chi connectivity index (χ1) is 8.06. The van der Waals surface area contributed by atoms with E-state index in [0.29, 0.717) is 11.4 Å². The van der Waals surface area contributed by atoms with E-state index in [1.54, 1.807) is 6.07 Å². The van der Waals surface area contributed by atoms with E-state index in [4.69, 9.17) is 5.11 Å². The van der Waals surface area contributed by atoms with Gasteiger partial charge in [0.2, 0.25) is 0 Å². The van der Waals surface area contributed by atoms with Gasteiger partial charge < -0.3 is 15.5 Å². The zero-order chi connectivity index (χ0) is 12.5. The Morgan fingerprint density at radius 2 is 2.29 bits per heavy atom. The van der Waals surface area contributed by atoms with Crippen LogP contribution in [0, 0.1) is 6.92 Å². The van der Waals surface area contributed by atoms with Crippen molar-refractivity contribution < 1.29 is 15.0 Å². The molecule has 1 aliphatic rings. The van der Waals surface area contributed by atoms with Gasteiger partial charge in [-0.25, -0.2) is 4.79 Å². The summed E-state index contributed by atoms with van der Waals surface area (Å²) in [6.07, 6.45) is 3.15. The van der Waals surface area contributed by atoms with Crippen LogP contribution in [0.5, 0.6) is 0 Å². The van der Waals surface area contributed by atoms with E-state index in [0.717, 1.165) is 29.7 Å². The molecule has 1 aromatic heterocycles. The molecule has 0 unspecified atom stereocenters. The van der Waals surface area contributed by atoms with Gasteiger partial charge in [0, 0.05) is 17.0 Å². The summed E-state index contributed by atoms with van der Waals surface area (Å²) in [5.41, 5.74) is 0.893. The molecule has 1 fully saturated rings. The van der Waals surface area contributed by atoms with Gasteiger partial charge in [-0.1, -0.05) is 0 Å². The summed E-state index contributed by atoms with van der Waals surface area (Å²) in [6, 6.07) is 1.72. The Hall–Kier alpha value is -0.910. The molecule has 2 rings (SSSR count). The molecule has 1 aliphatic carbocycles. The van der Waals surface area contributed by atoms with Crippen molar-refractivity contribution >= 4 is 17.3 Å². The summed E-state index contributed by atoms with van der Waals surface area (Å²) in [5, 5.41) is 21.6. The Morgan fingerprint density at radius 3 is 2.71 bits per heavy atom. The van der Waals surface area contributed by atoms with Crippen molar-refractivity contribution in [1.82, 2.24) is 5.32 Å². The van der Waals surface area contributed by atoms with Crippen molar-refractivity contribution in [2.45, 2.75) is 38.3 Å². The number of nitrogens with one attached hydrogen (secondary N) is 1. The molecule has 0 atom stereocenters. The maximum Gasteiger partial charge on any atom is 0.345 e. The second kappa shape index (κ2) is 4.76. The molecule has 0 amide bonds. The second-order valence-electron chi connectivity index (χ2n) is 4.64. The zero-order valence-corrected chi connectivity index (χ0v) is 10.6. The van der Waals surface area contributed by atoms with Crippen LogP contribution in [0.1, 0.15) is 39.4 Å². The summed E-state index contributed by atoms with van der Waals surface area (Å²) in [6.45, 7) is 2.72. The maximum absolute atomic E-state index is 10.8. The van der Waals surface area contributed by atoms with Gasteiger partial charge in [-0.3, -0.25) is 0 Å². The highest BCUT2D eigenvalue weighted by Gasteiger charge is 2.35. The number of aliphatic hydroxyl groups is 1. The number of hydrogen-bond acceptors (Lipinski definition) is 4. The van der Waals surface area contributed by atoms with Crippen molar-refractivity contribution in [1.29, 1.82) is 0 Å². The molecule has 0 aromatic carbocycles.